The molecule has 0 fully saturated rings. The molecule has 0 aromatic heterocycles. The summed E-state index contributed by atoms with van der Waals surface area (Å²) in [5, 5.41) is 0. The van der Waals surface area contributed by atoms with E-state index in [-0.39, 0.29) is 70.1 Å². The van der Waals surface area contributed by atoms with Gasteiger partial charge in [0.15, 0.2) is 0 Å². The Kier molecular flexibility index (Phi) is 178. The van der Waals surface area contributed by atoms with E-state index < -0.39 is 0 Å². The van der Waals surface area contributed by atoms with Crippen LogP contribution in [0.25, 0.3) is 0 Å². The van der Waals surface area contributed by atoms with E-state index in [0.717, 1.165) is 0 Å². The summed E-state index contributed by atoms with van der Waals surface area (Å²) in [6, 6.07) is 0. The van der Waals surface area contributed by atoms with Crippen molar-refractivity contribution in [2.75, 3.05) is 0 Å². The molecule has 0 aliphatic heterocycles. The second-order valence-electron chi connectivity index (χ2n) is 0. The summed E-state index contributed by atoms with van der Waals surface area (Å²) in [6.07, 6.45) is 0. The first-order chi connectivity index (χ1) is 0. The first kappa shape index (κ1) is 36.4. The van der Waals surface area contributed by atoms with Crippen LogP contribution >= 0.6 is 24.8 Å². The van der Waals surface area contributed by atoms with Gasteiger partial charge in [0.2, 0.25) is 0 Å². The molecule has 0 amide bonds. The summed E-state index contributed by atoms with van der Waals surface area (Å²) in [5.74, 6) is 0. The molecular formula is H5Cl2InZn. The molecule has 0 aromatic rings. The third-order valence-corrected chi connectivity index (χ3v) is 0. The van der Waals surface area contributed by atoms with Crippen LogP contribution < -0.4 is 0 Å². The summed E-state index contributed by atoms with van der Waals surface area (Å²) in [7, 11) is 0. The molecule has 0 rings (SSSR count). The van der Waals surface area contributed by atoms with Gasteiger partial charge in [0.05, 0.1) is 0 Å². The van der Waals surface area contributed by atoms with E-state index in [1.54, 1.807) is 0 Å². The van der Waals surface area contributed by atoms with Crippen LogP contribution in [-0.2, 0) is 19.5 Å². The fourth-order valence-electron chi connectivity index (χ4n) is 0. The van der Waals surface area contributed by atoms with Crippen LogP contribution in [0, 0.1) is 0 Å². The Morgan fingerprint density at radius 3 is 0.750 bits per heavy atom. The van der Waals surface area contributed by atoms with Gasteiger partial charge in [-0.15, -0.1) is 24.8 Å². The minimum atomic E-state index is 0. The Bertz CT molecular complexity index is 6.00. The second-order valence-corrected chi connectivity index (χ2v) is 0. The predicted molar refractivity (Wildman–Crippen MR) is 24.4 cm³/mol. The molecule has 0 nitrogen and oxygen atoms in total. The molecule has 0 aliphatic rings. The monoisotopic (exact) mass is 254 g/mol. The van der Waals surface area contributed by atoms with Gasteiger partial charge in [0.1, 0.15) is 0 Å². The smallest absolute Gasteiger partial charge is 0 e. The molecule has 4 heavy (non-hydrogen) atoms. The zero-order chi connectivity index (χ0) is 0. The van der Waals surface area contributed by atoms with E-state index in [2.05, 4.69) is 0 Å². The van der Waals surface area contributed by atoms with Gasteiger partial charge in [-0.1, -0.05) is 0 Å². The zero-order valence-electron chi connectivity index (χ0n) is 1.52. The third-order valence-electron chi connectivity index (χ3n) is 0. The molecule has 0 unspecified atom stereocenters. The van der Waals surface area contributed by atoms with Crippen molar-refractivity contribution >= 4 is 50.7 Å². The van der Waals surface area contributed by atoms with Gasteiger partial charge in [0, 0.05) is 19.5 Å². The maximum absolute atomic E-state index is 0. The summed E-state index contributed by atoms with van der Waals surface area (Å²) in [6.45, 7) is 0. The van der Waals surface area contributed by atoms with Crippen molar-refractivity contribution in [3.8, 4) is 0 Å². The Morgan fingerprint density at radius 1 is 0.750 bits per heavy atom. The van der Waals surface area contributed by atoms with Crippen LogP contribution in [0.2, 0.25) is 0 Å². The predicted octanol–water partition coefficient (Wildman–Crippen LogP) is -0.343. The van der Waals surface area contributed by atoms with Gasteiger partial charge < -0.3 is 0 Å². The van der Waals surface area contributed by atoms with E-state index in [1.807, 2.05) is 0 Å². The largest absolute Gasteiger partial charge is 0 e. The number of rotatable bonds is 0. The molecule has 24 valence electrons. The number of halogens is 2. The first-order valence-electron chi connectivity index (χ1n) is 0. The quantitative estimate of drug-likeness (QED) is 0.520. The molecule has 0 atom stereocenters. The Balaban J connectivity index is 0. The normalized spacial score (nSPS) is 0. The molecule has 0 saturated carbocycles. The van der Waals surface area contributed by atoms with Crippen molar-refractivity contribution in [1.82, 2.24) is 0 Å². The zero-order valence-corrected chi connectivity index (χ0v) is 6.12. The second kappa shape index (κ2) is 19.6. The van der Waals surface area contributed by atoms with Crippen molar-refractivity contribution < 1.29 is 19.5 Å². The molecule has 0 radical (unpaired) electrons. The van der Waals surface area contributed by atoms with Crippen LogP contribution in [0.4, 0.5) is 0 Å². The van der Waals surface area contributed by atoms with Crippen LogP contribution in [0.15, 0.2) is 0 Å². The Labute approximate surface area is 69.5 Å². The molecule has 0 bridgehead atoms. The van der Waals surface area contributed by atoms with Crippen molar-refractivity contribution in [2.24, 2.45) is 0 Å². The van der Waals surface area contributed by atoms with Crippen molar-refractivity contribution in [2.45, 2.75) is 0 Å². The average molecular weight is 256 g/mol. The molecule has 0 saturated heterocycles. The van der Waals surface area contributed by atoms with E-state index in [9.17, 15) is 0 Å². The minimum absolute atomic E-state index is 0. The maximum Gasteiger partial charge on any atom is 0 e. The van der Waals surface area contributed by atoms with Gasteiger partial charge >= 0.3 is 25.8 Å². The summed E-state index contributed by atoms with van der Waals surface area (Å²) in [4.78, 5) is 0. The van der Waals surface area contributed by atoms with Gasteiger partial charge in [-0.05, 0) is 0 Å². The van der Waals surface area contributed by atoms with Crippen LogP contribution in [0.5, 0.6) is 0 Å². The standard InChI is InChI=1S/2ClH.In.Zn.3H/h2*1H;;;;;. The first-order valence-corrected chi connectivity index (χ1v) is 0. The minimum Gasteiger partial charge on any atom is 0 e. The SMILES string of the molecule is Cl.Cl.[InH3].[Zn]. The van der Waals surface area contributed by atoms with Crippen molar-refractivity contribution in [1.29, 1.82) is 0 Å². The number of hydrogen-bond acceptors (Lipinski definition) is 0. The van der Waals surface area contributed by atoms with Crippen LogP contribution in [0.1, 0.15) is 0 Å². The van der Waals surface area contributed by atoms with Gasteiger partial charge in [0.25, 0.3) is 0 Å². The van der Waals surface area contributed by atoms with Crippen molar-refractivity contribution in [3.63, 3.8) is 0 Å². The van der Waals surface area contributed by atoms with E-state index >= 15 is 0 Å². The number of hydrogen-bond donors (Lipinski definition) is 0. The van der Waals surface area contributed by atoms with Gasteiger partial charge in [-0.25, -0.2) is 0 Å². The van der Waals surface area contributed by atoms with Gasteiger partial charge in [-0.3, -0.25) is 0 Å². The van der Waals surface area contributed by atoms with Crippen LogP contribution in [0.3, 0.4) is 0 Å². The molecule has 4 heteroatoms. The van der Waals surface area contributed by atoms with Crippen molar-refractivity contribution in [3.05, 3.63) is 0 Å². The molecule has 0 aliphatic carbocycles. The maximum atomic E-state index is 0. The van der Waals surface area contributed by atoms with Crippen LogP contribution in [-0.4, -0.2) is 25.8 Å². The summed E-state index contributed by atoms with van der Waals surface area (Å²) >= 11 is 0. The Morgan fingerprint density at radius 2 is 0.750 bits per heavy atom. The average Bonchev–Trinajstić information content (AvgIpc) is 0. The molecular weight excluding hydrogens is 251 g/mol. The van der Waals surface area contributed by atoms with Gasteiger partial charge in [-0.2, -0.15) is 0 Å². The summed E-state index contributed by atoms with van der Waals surface area (Å²) in [5.41, 5.74) is 0. The molecule has 0 spiro atoms. The summed E-state index contributed by atoms with van der Waals surface area (Å²) < 4.78 is 0. The van der Waals surface area contributed by atoms with E-state index in [1.165, 1.54) is 0 Å². The fourth-order valence-corrected chi connectivity index (χ4v) is 0. The molecule has 0 heterocycles. The molecule has 0 aromatic carbocycles. The molecule has 0 N–H and O–H groups in total. The van der Waals surface area contributed by atoms with E-state index in [4.69, 9.17) is 0 Å². The Hall–Kier alpha value is 2.07. The topological polar surface area (TPSA) is 0 Å². The fraction of sp³-hybridized carbons (Fsp3) is 0. The third kappa shape index (κ3) is 8.95. The van der Waals surface area contributed by atoms with E-state index in [0.29, 0.717) is 0 Å².